The van der Waals surface area contributed by atoms with Crippen LogP contribution >= 0.6 is 12.2 Å². The van der Waals surface area contributed by atoms with E-state index in [1.165, 1.54) is 29.1 Å². The summed E-state index contributed by atoms with van der Waals surface area (Å²) in [7, 11) is 7.76. The van der Waals surface area contributed by atoms with Crippen LogP contribution in [0.5, 0.6) is 0 Å². The highest BCUT2D eigenvalue weighted by Gasteiger charge is 2.43. The van der Waals surface area contributed by atoms with Gasteiger partial charge in [0.1, 0.15) is 18.1 Å². The molecular weight excluding hydrogens is 877 g/mol. The zero-order valence-corrected chi connectivity index (χ0v) is 42.8. The van der Waals surface area contributed by atoms with E-state index in [4.69, 9.17) is 26.4 Å². The number of ether oxygens (including phenoxy) is 3. The fraction of sp³-hybridized carbons (Fsp3) is 0.680. The quantitative estimate of drug-likeness (QED) is 0.0537. The molecule has 17 heteroatoms. The van der Waals surface area contributed by atoms with Gasteiger partial charge in [0.05, 0.1) is 42.8 Å². The van der Waals surface area contributed by atoms with Gasteiger partial charge in [-0.3, -0.25) is 33.7 Å². The zero-order valence-electron chi connectivity index (χ0n) is 42.0. The van der Waals surface area contributed by atoms with Crippen LogP contribution in [-0.4, -0.2) is 157 Å². The average molecular weight is 955 g/mol. The van der Waals surface area contributed by atoms with Crippen LogP contribution < -0.4 is 10.6 Å². The Kier molecular flexibility index (Phi) is 23.1. The number of likely N-dealkylation sites (tertiary alicyclic amines) is 1. The molecule has 6 amide bonds. The van der Waals surface area contributed by atoms with Crippen molar-refractivity contribution in [2.75, 3.05) is 48.5 Å². The number of methoxy groups -OCH3 is 3. The molecule has 374 valence electrons. The van der Waals surface area contributed by atoms with Crippen molar-refractivity contribution in [1.82, 2.24) is 30.2 Å². The van der Waals surface area contributed by atoms with E-state index >= 15 is 0 Å². The Bertz CT molecular complexity index is 1860. The fourth-order valence-electron chi connectivity index (χ4n) is 9.40. The maximum absolute atomic E-state index is 14.6. The second-order valence-corrected chi connectivity index (χ2v) is 19.2. The van der Waals surface area contributed by atoms with Gasteiger partial charge in [-0.05, 0) is 49.0 Å². The van der Waals surface area contributed by atoms with E-state index in [0.29, 0.717) is 50.1 Å². The molecule has 0 radical (unpaired) electrons. The molecule has 0 bridgehead atoms. The molecule has 67 heavy (non-hydrogen) atoms. The Morgan fingerprint density at radius 2 is 1.49 bits per heavy atom. The number of esters is 1. The lowest BCUT2D eigenvalue weighted by Crippen LogP contribution is -2.60. The smallest absolute Gasteiger partial charge is 0.328 e. The minimum absolute atomic E-state index is 0.0125. The predicted molar refractivity (Wildman–Crippen MR) is 260 cm³/mol. The number of hydrogen-bond donors (Lipinski definition) is 2. The molecule has 1 aromatic rings. The summed E-state index contributed by atoms with van der Waals surface area (Å²) in [6, 6.07) is 6.23. The second-order valence-electron chi connectivity index (χ2n) is 18.8. The third kappa shape index (κ3) is 15.4. The van der Waals surface area contributed by atoms with Crippen molar-refractivity contribution in [2.24, 2.45) is 23.7 Å². The van der Waals surface area contributed by atoms with E-state index in [1.807, 2.05) is 83.7 Å². The molecule has 1 saturated heterocycles. The number of imide groups is 1. The monoisotopic (exact) mass is 955 g/mol. The summed E-state index contributed by atoms with van der Waals surface area (Å²) < 4.78 is 17.3. The summed E-state index contributed by atoms with van der Waals surface area (Å²) in [4.78, 5) is 99.6. The number of hydrogen-bond acceptors (Lipinski definition) is 11. The number of amides is 6. The predicted octanol–water partition coefficient (Wildman–Crippen LogP) is 4.72. The van der Waals surface area contributed by atoms with Crippen molar-refractivity contribution in [2.45, 2.75) is 149 Å². The van der Waals surface area contributed by atoms with Crippen LogP contribution in [0.2, 0.25) is 0 Å². The Morgan fingerprint density at radius 3 is 2.04 bits per heavy atom. The van der Waals surface area contributed by atoms with Crippen LogP contribution in [0.4, 0.5) is 0 Å². The molecule has 2 heterocycles. The van der Waals surface area contributed by atoms with E-state index < -0.39 is 48.3 Å². The number of nitrogens with one attached hydrogen (secondary N) is 2. The number of nitrogens with zero attached hydrogens (tertiary/aromatic N) is 4. The van der Waals surface area contributed by atoms with Gasteiger partial charge in [0.25, 0.3) is 11.8 Å². The number of carbonyl (C=O) groups is 7. The molecule has 3 rings (SSSR count). The Labute approximate surface area is 404 Å². The Hall–Kier alpha value is -4.74. The standard InChI is InChI=1S/C50H78N6O10S/c1-13-33(6)45(54(9)49(62)43(31(2)3)52-47(61)44(32(4)5)53(8)39(57)24-18-15-19-27-56-40(58)25-26-41(56)59)38(64-10)30-42(60)55-28-20-23-37(55)46(65-11)34(7)48(67)51-36(50(63)66-12)29-35-21-16-14-17-22-35/h14,16-17,21-22,25-26,31-34,36-38,43-46H,13,15,18-20,23-24,27-30H2,1-12H3,(H,51,67)(H,52,61)/t33?,34?,36?,37-,38?,43?,44?,45?,46?/m0/s1. The molecule has 0 saturated carbocycles. The first-order valence-corrected chi connectivity index (χ1v) is 24.3. The van der Waals surface area contributed by atoms with Crippen LogP contribution in [0.15, 0.2) is 42.5 Å². The first kappa shape index (κ1) is 56.6. The Morgan fingerprint density at radius 1 is 0.851 bits per heavy atom. The first-order valence-electron chi connectivity index (χ1n) is 23.9. The summed E-state index contributed by atoms with van der Waals surface area (Å²) in [5.74, 6) is -3.34. The van der Waals surface area contributed by atoms with E-state index in [1.54, 1.807) is 33.2 Å². The largest absolute Gasteiger partial charge is 0.467 e. The van der Waals surface area contributed by atoms with Gasteiger partial charge in [0.15, 0.2) is 0 Å². The molecule has 2 aliphatic heterocycles. The highest BCUT2D eigenvalue weighted by Crippen LogP contribution is 2.30. The maximum atomic E-state index is 14.6. The topological polar surface area (TPSA) is 184 Å². The molecule has 1 fully saturated rings. The van der Waals surface area contributed by atoms with Gasteiger partial charge in [-0.2, -0.15) is 0 Å². The van der Waals surface area contributed by atoms with Crippen LogP contribution in [0.3, 0.4) is 0 Å². The third-order valence-corrected chi connectivity index (χ3v) is 13.9. The van der Waals surface area contributed by atoms with Gasteiger partial charge in [-0.15, -0.1) is 0 Å². The van der Waals surface area contributed by atoms with Crippen LogP contribution in [0, 0.1) is 23.7 Å². The first-order chi connectivity index (χ1) is 31.7. The number of rotatable bonds is 27. The molecule has 0 aromatic heterocycles. The minimum Gasteiger partial charge on any atom is -0.467 e. The Balaban J connectivity index is 1.72. The maximum Gasteiger partial charge on any atom is 0.328 e. The van der Waals surface area contributed by atoms with Crippen molar-refractivity contribution < 1.29 is 47.8 Å². The van der Waals surface area contributed by atoms with Gasteiger partial charge in [0.2, 0.25) is 23.6 Å². The zero-order chi connectivity index (χ0) is 50.1. The highest BCUT2D eigenvalue weighted by atomic mass is 32.1. The van der Waals surface area contributed by atoms with Crippen LogP contribution in [0.1, 0.15) is 105 Å². The molecule has 2 aliphatic rings. The number of unbranched alkanes of at least 4 members (excludes halogenated alkanes) is 2. The summed E-state index contributed by atoms with van der Waals surface area (Å²) >= 11 is 5.87. The molecule has 1 aromatic carbocycles. The molecule has 0 aliphatic carbocycles. The lowest BCUT2D eigenvalue weighted by Gasteiger charge is -2.41. The van der Waals surface area contributed by atoms with Gasteiger partial charge in [-0.1, -0.05) is 104 Å². The molecule has 2 N–H and O–H groups in total. The van der Waals surface area contributed by atoms with Crippen LogP contribution in [0.25, 0.3) is 0 Å². The molecule has 8 unspecified atom stereocenters. The number of likely N-dealkylation sites (N-methyl/N-ethyl adjacent to an activating group) is 2. The number of benzene rings is 1. The second kappa shape index (κ2) is 27.3. The third-order valence-electron chi connectivity index (χ3n) is 13.5. The van der Waals surface area contributed by atoms with Crippen molar-refractivity contribution in [3.05, 3.63) is 48.0 Å². The fourth-order valence-corrected chi connectivity index (χ4v) is 9.67. The molecule has 16 nitrogen and oxygen atoms in total. The number of thiocarbonyl (C=S) groups is 1. The highest BCUT2D eigenvalue weighted by molar-refractivity contribution is 7.80. The van der Waals surface area contributed by atoms with Gasteiger partial charge < -0.3 is 39.5 Å². The minimum atomic E-state index is -0.941. The van der Waals surface area contributed by atoms with E-state index in [0.717, 1.165) is 12.0 Å². The SMILES string of the molecule is CCC(C)C(C(CC(=O)N1CCC[C@H]1C(OC)C(C)C(=S)NC(Cc1ccccc1)C(=O)OC)OC)N(C)C(=O)C(NC(=O)C(C(C)C)N(C)C(=O)CCCCCN1C(=O)C=CC1=O)C(C)C. The van der Waals surface area contributed by atoms with Gasteiger partial charge in [-0.25, -0.2) is 4.79 Å². The molecule has 9 atom stereocenters. The van der Waals surface area contributed by atoms with Crippen molar-refractivity contribution >= 4 is 58.6 Å². The average Bonchev–Trinajstić information content (AvgIpc) is 3.92. The van der Waals surface area contributed by atoms with Crippen molar-refractivity contribution in [3.63, 3.8) is 0 Å². The summed E-state index contributed by atoms with van der Waals surface area (Å²) in [6.07, 6.45) is 5.66. The van der Waals surface area contributed by atoms with E-state index in [9.17, 15) is 33.6 Å². The van der Waals surface area contributed by atoms with Crippen molar-refractivity contribution in [1.29, 1.82) is 0 Å². The summed E-state index contributed by atoms with van der Waals surface area (Å²) in [5.41, 5.74) is 0.946. The van der Waals surface area contributed by atoms with Gasteiger partial charge >= 0.3 is 5.97 Å². The number of carbonyl (C=O) groups excluding carboxylic acids is 7. The summed E-state index contributed by atoms with van der Waals surface area (Å²) in [5, 5.41) is 6.21. The van der Waals surface area contributed by atoms with E-state index in [-0.39, 0.29) is 78.6 Å². The van der Waals surface area contributed by atoms with Gasteiger partial charge in [0, 0.05) is 72.3 Å². The molecular formula is C50H78N6O10S. The van der Waals surface area contributed by atoms with Crippen LogP contribution in [-0.2, 0) is 54.2 Å². The lowest BCUT2D eigenvalue weighted by molar-refractivity contribution is -0.148. The lowest BCUT2D eigenvalue weighted by atomic mass is 9.89. The molecule has 0 spiro atoms. The normalized spacial score (nSPS) is 18.5. The van der Waals surface area contributed by atoms with Crippen molar-refractivity contribution in [3.8, 4) is 0 Å². The summed E-state index contributed by atoms with van der Waals surface area (Å²) in [6.45, 7) is 14.1. The van der Waals surface area contributed by atoms with E-state index in [2.05, 4.69) is 10.6 Å².